The van der Waals surface area contributed by atoms with E-state index in [1.165, 1.54) is 5.52 Å². The zero-order chi connectivity index (χ0) is 16.5. The second-order valence-electron chi connectivity index (χ2n) is 6.15. The van der Waals surface area contributed by atoms with Crippen LogP contribution in [0.15, 0.2) is 30.6 Å². The first-order chi connectivity index (χ1) is 11.8. The van der Waals surface area contributed by atoms with Gasteiger partial charge in [-0.25, -0.2) is 4.98 Å². The molecule has 0 radical (unpaired) electrons. The van der Waals surface area contributed by atoms with Crippen molar-refractivity contribution in [3.8, 4) is 0 Å². The summed E-state index contributed by atoms with van der Waals surface area (Å²) in [7, 11) is 2.08. The van der Waals surface area contributed by atoms with Gasteiger partial charge in [0.25, 0.3) is 0 Å². The molecule has 0 N–H and O–H groups in total. The minimum absolute atomic E-state index is 0.0316. The zero-order valence-corrected chi connectivity index (χ0v) is 14.1. The van der Waals surface area contributed by atoms with Gasteiger partial charge < -0.3 is 13.9 Å². The van der Waals surface area contributed by atoms with Crippen molar-refractivity contribution in [1.82, 2.24) is 29.2 Å². The van der Waals surface area contributed by atoms with Crippen molar-refractivity contribution in [3.63, 3.8) is 0 Å². The molecule has 1 saturated heterocycles. The Morgan fingerprint density at radius 2 is 2.17 bits per heavy atom. The van der Waals surface area contributed by atoms with E-state index in [9.17, 15) is 0 Å². The van der Waals surface area contributed by atoms with E-state index in [4.69, 9.17) is 9.72 Å². The van der Waals surface area contributed by atoms with Gasteiger partial charge in [-0.15, -0.1) is 10.2 Å². The second kappa shape index (κ2) is 6.33. The number of benzene rings is 1. The smallest absolute Gasteiger partial charge is 0.163 e. The summed E-state index contributed by atoms with van der Waals surface area (Å²) in [5, 5.41) is 8.26. The predicted molar refractivity (Wildman–Crippen MR) is 90.4 cm³/mol. The van der Waals surface area contributed by atoms with Gasteiger partial charge in [-0.1, -0.05) is 12.1 Å². The van der Waals surface area contributed by atoms with E-state index in [-0.39, 0.29) is 6.10 Å². The van der Waals surface area contributed by atoms with Gasteiger partial charge >= 0.3 is 0 Å². The molecule has 1 fully saturated rings. The Hall–Kier alpha value is -2.25. The quantitative estimate of drug-likeness (QED) is 0.731. The van der Waals surface area contributed by atoms with Gasteiger partial charge in [0.2, 0.25) is 0 Å². The SMILES string of the molecule is CCn1cnnc1C1CN(Cc2nc3ccccc3n2C)CCO1. The summed E-state index contributed by atoms with van der Waals surface area (Å²) in [5.74, 6) is 1.99. The van der Waals surface area contributed by atoms with Crippen LogP contribution < -0.4 is 0 Å². The summed E-state index contributed by atoms with van der Waals surface area (Å²) in [6, 6.07) is 8.25. The van der Waals surface area contributed by atoms with E-state index in [0.29, 0.717) is 6.61 Å². The molecular weight excluding hydrogens is 304 g/mol. The van der Waals surface area contributed by atoms with E-state index < -0.39 is 0 Å². The number of aromatic nitrogens is 5. The Morgan fingerprint density at radius 3 is 3.00 bits per heavy atom. The number of ether oxygens (including phenoxy) is 1. The Morgan fingerprint density at radius 1 is 1.29 bits per heavy atom. The van der Waals surface area contributed by atoms with Gasteiger partial charge in [0.1, 0.15) is 18.3 Å². The predicted octanol–water partition coefficient (Wildman–Crippen LogP) is 1.76. The van der Waals surface area contributed by atoms with Crippen LogP contribution in [0.3, 0.4) is 0 Å². The molecule has 0 spiro atoms. The van der Waals surface area contributed by atoms with Gasteiger partial charge in [0, 0.05) is 26.7 Å². The summed E-state index contributed by atoms with van der Waals surface area (Å²) in [6.07, 6.45) is 1.74. The first-order valence-corrected chi connectivity index (χ1v) is 8.38. The molecule has 1 atom stereocenters. The molecule has 1 unspecified atom stereocenters. The minimum Gasteiger partial charge on any atom is -0.368 e. The third kappa shape index (κ3) is 2.70. The highest BCUT2D eigenvalue weighted by Crippen LogP contribution is 2.22. The Bertz CT molecular complexity index is 839. The molecule has 1 aromatic carbocycles. The number of imidazole rings is 1. The molecule has 2 aromatic heterocycles. The summed E-state index contributed by atoms with van der Waals surface area (Å²) in [5.41, 5.74) is 2.22. The molecule has 3 aromatic rings. The molecule has 0 saturated carbocycles. The molecule has 4 rings (SSSR count). The van der Waals surface area contributed by atoms with Crippen LogP contribution in [0.5, 0.6) is 0 Å². The highest BCUT2D eigenvalue weighted by molar-refractivity contribution is 5.75. The van der Waals surface area contributed by atoms with Gasteiger partial charge in [0.15, 0.2) is 5.82 Å². The first kappa shape index (κ1) is 15.3. The highest BCUT2D eigenvalue weighted by Gasteiger charge is 2.26. The molecule has 0 aliphatic carbocycles. The maximum atomic E-state index is 5.93. The van der Waals surface area contributed by atoms with Crippen molar-refractivity contribution in [2.75, 3.05) is 19.7 Å². The fraction of sp³-hybridized carbons (Fsp3) is 0.471. The molecule has 126 valence electrons. The van der Waals surface area contributed by atoms with Gasteiger partial charge in [-0.2, -0.15) is 0 Å². The van der Waals surface area contributed by atoms with Gasteiger partial charge in [-0.05, 0) is 19.1 Å². The fourth-order valence-electron chi connectivity index (χ4n) is 3.30. The molecule has 3 heterocycles. The number of morpholine rings is 1. The van der Waals surface area contributed by atoms with Crippen molar-refractivity contribution in [2.45, 2.75) is 26.1 Å². The maximum absolute atomic E-state index is 5.93. The van der Waals surface area contributed by atoms with Crippen LogP contribution in [-0.4, -0.2) is 48.9 Å². The Labute approximate surface area is 140 Å². The average molecular weight is 326 g/mol. The third-order valence-corrected chi connectivity index (χ3v) is 4.67. The summed E-state index contributed by atoms with van der Waals surface area (Å²) in [6.45, 7) is 6.16. The lowest BCUT2D eigenvalue weighted by Crippen LogP contribution is -2.39. The number of aryl methyl sites for hydroxylation is 2. The summed E-state index contributed by atoms with van der Waals surface area (Å²) in [4.78, 5) is 7.15. The van der Waals surface area contributed by atoms with Crippen LogP contribution >= 0.6 is 0 Å². The molecule has 24 heavy (non-hydrogen) atoms. The number of hydrogen-bond acceptors (Lipinski definition) is 5. The standard InChI is InChI=1S/C17H22N6O/c1-3-23-12-18-20-17(23)15-10-22(8-9-24-15)11-16-19-13-6-4-5-7-14(13)21(16)2/h4-7,12,15H,3,8-11H2,1-2H3. The van der Waals surface area contributed by atoms with E-state index in [2.05, 4.69) is 51.8 Å². The topological polar surface area (TPSA) is 61.0 Å². The van der Waals surface area contributed by atoms with E-state index in [1.54, 1.807) is 6.33 Å². The van der Waals surface area contributed by atoms with Crippen molar-refractivity contribution in [3.05, 3.63) is 42.2 Å². The molecular formula is C17H22N6O. The van der Waals surface area contributed by atoms with Crippen LogP contribution in [0.1, 0.15) is 24.7 Å². The number of hydrogen-bond donors (Lipinski definition) is 0. The number of nitrogens with zero attached hydrogens (tertiary/aromatic N) is 6. The lowest BCUT2D eigenvalue weighted by molar-refractivity contribution is -0.0397. The van der Waals surface area contributed by atoms with Crippen LogP contribution in [0.4, 0.5) is 0 Å². The third-order valence-electron chi connectivity index (χ3n) is 4.67. The Balaban J connectivity index is 1.53. The minimum atomic E-state index is -0.0316. The van der Waals surface area contributed by atoms with Crippen molar-refractivity contribution in [1.29, 1.82) is 0 Å². The van der Waals surface area contributed by atoms with Crippen LogP contribution in [0, 0.1) is 0 Å². The molecule has 7 heteroatoms. The first-order valence-electron chi connectivity index (χ1n) is 8.38. The number of rotatable bonds is 4. The lowest BCUT2D eigenvalue weighted by atomic mass is 10.2. The van der Waals surface area contributed by atoms with Crippen LogP contribution in [0.2, 0.25) is 0 Å². The number of fused-ring (bicyclic) bond motifs is 1. The normalized spacial score (nSPS) is 19.2. The molecule has 1 aliphatic rings. The highest BCUT2D eigenvalue weighted by atomic mass is 16.5. The van der Waals surface area contributed by atoms with Crippen molar-refractivity contribution < 1.29 is 4.74 Å². The molecule has 0 amide bonds. The van der Waals surface area contributed by atoms with Crippen molar-refractivity contribution >= 4 is 11.0 Å². The second-order valence-corrected chi connectivity index (χ2v) is 6.15. The molecule has 0 bridgehead atoms. The van der Waals surface area contributed by atoms with Crippen LogP contribution in [0.25, 0.3) is 11.0 Å². The van der Waals surface area contributed by atoms with Gasteiger partial charge in [0.05, 0.1) is 24.2 Å². The van der Waals surface area contributed by atoms with Gasteiger partial charge in [-0.3, -0.25) is 4.90 Å². The maximum Gasteiger partial charge on any atom is 0.163 e. The van der Waals surface area contributed by atoms with E-state index in [1.807, 2.05) is 10.6 Å². The zero-order valence-electron chi connectivity index (χ0n) is 14.1. The molecule has 7 nitrogen and oxygen atoms in total. The fourth-order valence-corrected chi connectivity index (χ4v) is 3.30. The largest absolute Gasteiger partial charge is 0.368 e. The van der Waals surface area contributed by atoms with E-state index >= 15 is 0 Å². The molecule has 1 aliphatic heterocycles. The Kier molecular flexibility index (Phi) is 4.03. The number of para-hydroxylation sites is 2. The summed E-state index contributed by atoms with van der Waals surface area (Å²) >= 11 is 0. The summed E-state index contributed by atoms with van der Waals surface area (Å²) < 4.78 is 10.1. The monoisotopic (exact) mass is 326 g/mol. The lowest BCUT2D eigenvalue weighted by Gasteiger charge is -2.32. The average Bonchev–Trinajstić information content (AvgIpc) is 3.21. The van der Waals surface area contributed by atoms with Crippen LogP contribution in [-0.2, 0) is 24.9 Å². The van der Waals surface area contributed by atoms with Crippen molar-refractivity contribution in [2.24, 2.45) is 7.05 Å². The van der Waals surface area contributed by atoms with E-state index in [0.717, 1.165) is 43.3 Å².